The van der Waals surface area contributed by atoms with Gasteiger partial charge in [0.25, 0.3) is 10.0 Å². The standard InChI is InChI=1S/C32H47F2NO3S/c1-5-21-18-23-26-12-11-24(32(26,4)17-15-27(23)31(3)16-7-6-8-25(21)31)20(2)9-14-30(36)35-39(37,38)29-19-22(33)10-13-28(29)34/h10,13,19-21,23-27H,5-9,11-12,14-18H2,1-4H3,(H,35,36)/t20-,21+,23?,24-,25+,26?,27?,31+,32-/m1/s1. The summed E-state index contributed by atoms with van der Waals surface area (Å²) in [6, 6.07) is 2.21. The Kier molecular flexibility index (Phi) is 7.97. The number of sulfonamides is 1. The van der Waals surface area contributed by atoms with E-state index in [9.17, 15) is 22.0 Å². The highest BCUT2D eigenvalue weighted by Gasteiger charge is 2.61. The summed E-state index contributed by atoms with van der Waals surface area (Å²) in [6.45, 7) is 9.76. The minimum Gasteiger partial charge on any atom is -0.274 e. The summed E-state index contributed by atoms with van der Waals surface area (Å²) in [6.07, 6.45) is 14.0. The maximum Gasteiger partial charge on any atom is 0.267 e. The molecule has 9 atom stereocenters. The van der Waals surface area contributed by atoms with Crippen molar-refractivity contribution < 1.29 is 22.0 Å². The Bertz CT molecular complexity index is 1190. The molecule has 39 heavy (non-hydrogen) atoms. The zero-order valence-corrected chi connectivity index (χ0v) is 25.0. The van der Waals surface area contributed by atoms with Crippen LogP contribution < -0.4 is 4.72 Å². The van der Waals surface area contributed by atoms with Gasteiger partial charge in [0.05, 0.1) is 0 Å². The van der Waals surface area contributed by atoms with E-state index >= 15 is 0 Å². The summed E-state index contributed by atoms with van der Waals surface area (Å²) in [4.78, 5) is 11.8. The van der Waals surface area contributed by atoms with Crippen LogP contribution in [0, 0.1) is 63.9 Å². The van der Waals surface area contributed by atoms with Gasteiger partial charge in [-0.2, -0.15) is 0 Å². The number of halogens is 2. The van der Waals surface area contributed by atoms with Crippen molar-refractivity contribution in [3.8, 4) is 0 Å². The average molecular weight is 564 g/mol. The molecule has 4 aliphatic carbocycles. The quantitative estimate of drug-likeness (QED) is 0.367. The summed E-state index contributed by atoms with van der Waals surface area (Å²) >= 11 is 0. The van der Waals surface area contributed by atoms with Crippen molar-refractivity contribution in [1.82, 2.24) is 4.72 Å². The van der Waals surface area contributed by atoms with Crippen molar-refractivity contribution in [2.45, 2.75) is 110 Å². The Labute approximate surface area is 234 Å². The molecule has 4 aliphatic rings. The molecule has 0 bridgehead atoms. The highest BCUT2D eigenvalue weighted by Crippen LogP contribution is 2.69. The number of carbonyl (C=O) groups is 1. The lowest BCUT2D eigenvalue weighted by Crippen LogP contribution is -2.55. The minimum atomic E-state index is -4.46. The second-order valence-electron chi connectivity index (χ2n) is 14.0. The predicted molar refractivity (Wildman–Crippen MR) is 149 cm³/mol. The molecule has 0 aromatic heterocycles. The number of rotatable bonds is 7. The largest absolute Gasteiger partial charge is 0.274 e. The topological polar surface area (TPSA) is 63.2 Å². The first-order chi connectivity index (χ1) is 18.4. The van der Waals surface area contributed by atoms with Crippen LogP contribution in [0.4, 0.5) is 8.78 Å². The number of benzene rings is 1. The first kappa shape index (κ1) is 29.0. The van der Waals surface area contributed by atoms with Crippen molar-refractivity contribution >= 4 is 15.9 Å². The van der Waals surface area contributed by atoms with Crippen molar-refractivity contribution in [3.05, 3.63) is 29.8 Å². The molecule has 7 heteroatoms. The number of hydrogen-bond acceptors (Lipinski definition) is 3. The van der Waals surface area contributed by atoms with E-state index in [1.807, 2.05) is 4.72 Å². The molecule has 4 nitrogen and oxygen atoms in total. The van der Waals surface area contributed by atoms with E-state index in [4.69, 9.17) is 0 Å². The Morgan fingerprint density at radius 2 is 1.77 bits per heavy atom. The zero-order chi connectivity index (χ0) is 28.2. The van der Waals surface area contributed by atoms with Gasteiger partial charge in [0, 0.05) is 6.42 Å². The van der Waals surface area contributed by atoms with E-state index in [-0.39, 0.29) is 11.8 Å². The van der Waals surface area contributed by atoms with Crippen molar-refractivity contribution in [1.29, 1.82) is 0 Å². The molecule has 218 valence electrons. The molecule has 1 amide bonds. The molecule has 4 fully saturated rings. The van der Waals surface area contributed by atoms with E-state index in [0.29, 0.717) is 29.7 Å². The summed E-state index contributed by atoms with van der Waals surface area (Å²) < 4.78 is 54.6. The first-order valence-corrected chi connectivity index (χ1v) is 16.9. The van der Waals surface area contributed by atoms with Gasteiger partial charge in [0.1, 0.15) is 16.5 Å². The molecule has 0 radical (unpaired) electrons. The van der Waals surface area contributed by atoms with Gasteiger partial charge in [-0.15, -0.1) is 0 Å². The predicted octanol–water partition coefficient (Wildman–Crippen LogP) is 7.87. The van der Waals surface area contributed by atoms with Gasteiger partial charge in [-0.1, -0.05) is 47.0 Å². The number of hydrogen-bond donors (Lipinski definition) is 1. The minimum absolute atomic E-state index is 0.0539. The Morgan fingerprint density at radius 1 is 1.03 bits per heavy atom. The Hall–Kier alpha value is -1.50. The summed E-state index contributed by atoms with van der Waals surface area (Å²) in [7, 11) is -4.46. The van der Waals surface area contributed by atoms with Crippen LogP contribution in [0.15, 0.2) is 23.1 Å². The number of fused-ring (bicyclic) bond motifs is 5. The fourth-order valence-electron chi connectivity index (χ4n) is 10.5. The summed E-state index contributed by atoms with van der Waals surface area (Å²) in [5.41, 5.74) is 0.765. The number of amides is 1. The van der Waals surface area contributed by atoms with Gasteiger partial charge >= 0.3 is 0 Å². The van der Waals surface area contributed by atoms with Crippen LogP contribution in [0.1, 0.15) is 105 Å². The molecule has 0 spiro atoms. The normalized spacial score (nSPS) is 38.8. The van der Waals surface area contributed by atoms with Crippen LogP contribution in [-0.4, -0.2) is 14.3 Å². The maximum absolute atomic E-state index is 14.0. The highest BCUT2D eigenvalue weighted by atomic mass is 32.2. The van der Waals surface area contributed by atoms with Gasteiger partial charge in [-0.3, -0.25) is 4.79 Å². The molecule has 5 rings (SSSR count). The molecule has 0 aliphatic heterocycles. The average Bonchev–Trinajstić information content (AvgIpc) is 3.25. The lowest BCUT2D eigenvalue weighted by molar-refractivity contribution is -0.138. The van der Waals surface area contributed by atoms with Gasteiger partial charge in [-0.25, -0.2) is 21.9 Å². The van der Waals surface area contributed by atoms with Crippen LogP contribution in [0.2, 0.25) is 0 Å². The summed E-state index contributed by atoms with van der Waals surface area (Å²) in [5, 5.41) is 0. The van der Waals surface area contributed by atoms with Crippen LogP contribution in [0.25, 0.3) is 0 Å². The Morgan fingerprint density at radius 3 is 2.51 bits per heavy atom. The van der Waals surface area contributed by atoms with Gasteiger partial charge < -0.3 is 0 Å². The number of nitrogens with one attached hydrogen (secondary N) is 1. The first-order valence-electron chi connectivity index (χ1n) is 15.4. The van der Waals surface area contributed by atoms with Crippen molar-refractivity contribution in [2.24, 2.45) is 52.3 Å². The third-order valence-corrected chi connectivity index (χ3v) is 13.7. The molecular formula is C32H47F2NO3S. The fourth-order valence-corrected chi connectivity index (χ4v) is 11.6. The summed E-state index contributed by atoms with van der Waals surface area (Å²) in [5.74, 6) is 2.34. The van der Waals surface area contributed by atoms with Crippen LogP contribution in [0.3, 0.4) is 0 Å². The molecule has 1 aromatic carbocycles. The third-order valence-electron chi connectivity index (χ3n) is 12.3. The monoisotopic (exact) mass is 563 g/mol. The second-order valence-corrected chi connectivity index (χ2v) is 15.6. The molecular weight excluding hydrogens is 516 g/mol. The molecule has 0 heterocycles. The third kappa shape index (κ3) is 5.08. The van der Waals surface area contributed by atoms with Crippen LogP contribution >= 0.6 is 0 Å². The van der Waals surface area contributed by atoms with Crippen LogP contribution in [-0.2, 0) is 14.8 Å². The molecule has 3 unspecified atom stereocenters. The van der Waals surface area contributed by atoms with E-state index in [1.54, 1.807) is 0 Å². The van der Waals surface area contributed by atoms with Crippen molar-refractivity contribution in [2.75, 3.05) is 0 Å². The lowest BCUT2D eigenvalue weighted by atomic mass is 9.42. The molecule has 1 aromatic rings. The highest BCUT2D eigenvalue weighted by molar-refractivity contribution is 7.90. The van der Waals surface area contributed by atoms with Gasteiger partial charge in [-0.05, 0) is 122 Å². The zero-order valence-electron chi connectivity index (χ0n) is 24.1. The fraction of sp³-hybridized carbons (Fsp3) is 0.781. The number of carbonyl (C=O) groups excluding carboxylic acids is 1. The second kappa shape index (κ2) is 10.7. The lowest BCUT2D eigenvalue weighted by Gasteiger charge is -2.63. The van der Waals surface area contributed by atoms with E-state index < -0.39 is 32.5 Å². The molecule has 0 saturated heterocycles. The van der Waals surface area contributed by atoms with E-state index in [1.165, 1.54) is 64.2 Å². The van der Waals surface area contributed by atoms with E-state index in [2.05, 4.69) is 27.7 Å². The Balaban J connectivity index is 1.24. The SMILES string of the molecule is CC[C@H]1CC2C3CC[C@H]([C@H](C)CCC(=O)NS(=O)(=O)c4cc(F)ccc4F)[C@@]3(C)CCC2[C@@]2(C)CCCC[C@@H]12. The molecule has 1 N–H and O–H groups in total. The van der Waals surface area contributed by atoms with Gasteiger partial charge in [0.2, 0.25) is 5.91 Å². The molecule has 4 saturated carbocycles. The maximum atomic E-state index is 14.0. The van der Waals surface area contributed by atoms with Gasteiger partial charge in [0.15, 0.2) is 0 Å². The van der Waals surface area contributed by atoms with Crippen LogP contribution in [0.5, 0.6) is 0 Å². The smallest absolute Gasteiger partial charge is 0.267 e. The van der Waals surface area contributed by atoms with E-state index in [0.717, 1.165) is 41.7 Å². The van der Waals surface area contributed by atoms with Crippen molar-refractivity contribution in [3.63, 3.8) is 0 Å².